The Hall–Kier alpha value is -3.64. The average molecular weight is 477 g/mol. The Balaban J connectivity index is 1.65. The maximum absolute atomic E-state index is 15.0. The number of aliphatic hydroxyl groups excluding tert-OH is 1. The molecule has 1 atom stereocenters. The molecule has 3 aromatic rings. The number of benzene rings is 3. The van der Waals surface area contributed by atoms with Crippen molar-refractivity contribution in [2.75, 3.05) is 22.9 Å². The quantitative estimate of drug-likeness (QED) is 0.298. The predicted octanol–water partition coefficient (Wildman–Crippen LogP) is 5.71. The fourth-order valence-corrected chi connectivity index (χ4v) is 4.87. The van der Waals surface area contributed by atoms with Crippen molar-refractivity contribution in [2.45, 2.75) is 18.9 Å². The molecule has 0 radical (unpaired) electrons. The van der Waals surface area contributed by atoms with E-state index in [0.29, 0.717) is 10.7 Å². The maximum atomic E-state index is 15.0. The number of nitrogens with zero attached hydrogens (tertiary/aromatic N) is 2. The summed E-state index contributed by atoms with van der Waals surface area (Å²) in [6, 6.07) is 18.5. The first-order valence-corrected chi connectivity index (χ1v) is 11.5. The van der Waals surface area contributed by atoms with Gasteiger partial charge in [0.2, 0.25) is 0 Å². The minimum Gasteiger partial charge on any atom is -0.507 e. The Morgan fingerprint density at radius 1 is 0.912 bits per heavy atom. The second-order valence-electron chi connectivity index (χ2n) is 8.41. The van der Waals surface area contributed by atoms with Gasteiger partial charge in [0, 0.05) is 40.6 Å². The molecule has 34 heavy (non-hydrogen) atoms. The highest BCUT2D eigenvalue weighted by molar-refractivity contribution is 6.51. The molecule has 2 heterocycles. The standard InChI is InChI=1S/C27H22ClFN2O3/c28-18-7-5-6-17(16-18)25(32)23-24(21-8-1-2-9-22(21)29)31(27(34)26(23)33)20-12-10-19(11-13-20)30-14-3-4-15-30/h1-2,5-13,16,24,32H,3-4,14-15H2/b25-23+. The monoisotopic (exact) mass is 476 g/mol. The van der Waals surface area contributed by atoms with Gasteiger partial charge in [0.1, 0.15) is 11.6 Å². The van der Waals surface area contributed by atoms with Gasteiger partial charge in [-0.25, -0.2) is 4.39 Å². The van der Waals surface area contributed by atoms with E-state index in [9.17, 15) is 19.1 Å². The lowest BCUT2D eigenvalue weighted by molar-refractivity contribution is -0.132. The Morgan fingerprint density at radius 3 is 2.26 bits per heavy atom. The van der Waals surface area contributed by atoms with Crippen LogP contribution in [-0.4, -0.2) is 29.9 Å². The lowest BCUT2D eigenvalue weighted by Gasteiger charge is -2.26. The van der Waals surface area contributed by atoms with Crippen molar-refractivity contribution in [1.29, 1.82) is 0 Å². The lowest BCUT2D eigenvalue weighted by Crippen LogP contribution is -2.30. The summed E-state index contributed by atoms with van der Waals surface area (Å²) in [4.78, 5) is 29.9. The number of carbonyl (C=O) groups excluding carboxylic acids is 2. The van der Waals surface area contributed by atoms with Crippen molar-refractivity contribution in [2.24, 2.45) is 0 Å². The van der Waals surface area contributed by atoms with Crippen LogP contribution < -0.4 is 9.80 Å². The Morgan fingerprint density at radius 2 is 1.59 bits per heavy atom. The number of aliphatic hydroxyl groups is 1. The lowest BCUT2D eigenvalue weighted by atomic mass is 9.94. The van der Waals surface area contributed by atoms with Gasteiger partial charge in [-0.3, -0.25) is 14.5 Å². The molecule has 5 rings (SSSR count). The van der Waals surface area contributed by atoms with E-state index in [4.69, 9.17) is 11.6 Å². The van der Waals surface area contributed by atoms with Crippen molar-refractivity contribution in [3.63, 3.8) is 0 Å². The summed E-state index contributed by atoms with van der Waals surface area (Å²) in [5.41, 5.74) is 1.69. The molecular formula is C27H22ClFN2O3. The number of carbonyl (C=O) groups is 2. The van der Waals surface area contributed by atoms with Crippen molar-refractivity contribution >= 4 is 40.4 Å². The van der Waals surface area contributed by atoms with E-state index in [1.54, 1.807) is 36.4 Å². The van der Waals surface area contributed by atoms with Crippen LogP contribution >= 0.6 is 11.6 Å². The van der Waals surface area contributed by atoms with Crippen LogP contribution in [0.15, 0.2) is 78.4 Å². The number of halogens is 2. The molecule has 0 spiro atoms. The van der Waals surface area contributed by atoms with Crippen LogP contribution in [0, 0.1) is 5.82 Å². The Bertz CT molecular complexity index is 1300. The van der Waals surface area contributed by atoms with E-state index in [0.717, 1.165) is 31.6 Å². The van der Waals surface area contributed by atoms with Crippen LogP contribution in [0.4, 0.5) is 15.8 Å². The van der Waals surface area contributed by atoms with E-state index in [1.807, 2.05) is 12.1 Å². The number of ketones is 1. The normalized spacial score (nSPS) is 19.8. The van der Waals surface area contributed by atoms with Crippen molar-refractivity contribution in [1.82, 2.24) is 0 Å². The van der Waals surface area contributed by atoms with E-state index in [-0.39, 0.29) is 16.7 Å². The highest BCUT2D eigenvalue weighted by atomic mass is 35.5. The first-order valence-electron chi connectivity index (χ1n) is 11.1. The number of hydrogen-bond donors (Lipinski definition) is 1. The summed E-state index contributed by atoms with van der Waals surface area (Å²) in [7, 11) is 0. The van der Waals surface area contributed by atoms with Crippen LogP contribution in [-0.2, 0) is 9.59 Å². The van der Waals surface area contributed by atoms with Crippen LogP contribution in [0.1, 0.15) is 30.0 Å². The summed E-state index contributed by atoms with van der Waals surface area (Å²) >= 11 is 6.07. The van der Waals surface area contributed by atoms with E-state index in [2.05, 4.69) is 4.90 Å². The topological polar surface area (TPSA) is 60.9 Å². The van der Waals surface area contributed by atoms with Gasteiger partial charge in [-0.1, -0.05) is 41.9 Å². The second kappa shape index (κ2) is 8.95. The molecule has 2 aliphatic rings. The first-order chi connectivity index (χ1) is 16.5. The van der Waals surface area contributed by atoms with Gasteiger partial charge in [-0.05, 0) is 55.3 Å². The van der Waals surface area contributed by atoms with Crippen molar-refractivity contribution < 1.29 is 19.1 Å². The number of hydrogen-bond acceptors (Lipinski definition) is 4. The molecule has 3 aromatic carbocycles. The summed E-state index contributed by atoms with van der Waals surface area (Å²) in [5.74, 6) is -2.68. The summed E-state index contributed by atoms with van der Waals surface area (Å²) in [6.45, 7) is 1.94. The molecule has 1 N–H and O–H groups in total. The zero-order chi connectivity index (χ0) is 23.8. The number of anilines is 2. The Labute approximate surface area is 201 Å². The predicted molar refractivity (Wildman–Crippen MR) is 131 cm³/mol. The zero-order valence-electron chi connectivity index (χ0n) is 18.2. The van der Waals surface area contributed by atoms with E-state index < -0.39 is 29.3 Å². The smallest absolute Gasteiger partial charge is 0.300 e. The molecule has 0 aromatic heterocycles. The van der Waals surface area contributed by atoms with Crippen molar-refractivity contribution in [3.8, 4) is 0 Å². The first kappa shape index (κ1) is 22.2. The van der Waals surface area contributed by atoms with Gasteiger partial charge in [0.25, 0.3) is 11.7 Å². The molecule has 1 unspecified atom stereocenters. The number of rotatable bonds is 4. The van der Waals surface area contributed by atoms with Gasteiger partial charge in [0.15, 0.2) is 0 Å². The van der Waals surface area contributed by atoms with E-state index >= 15 is 0 Å². The summed E-state index contributed by atoms with van der Waals surface area (Å²) in [5, 5.41) is 11.5. The molecule has 1 amide bonds. The minimum atomic E-state index is -1.13. The molecule has 0 aliphatic carbocycles. The molecule has 172 valence electrons. The molecule has 0 bridgehead atoms. The molecular weight excluding hydrogens is 455 g/mol. The van der Waals surface area contributed by atoms with Crippen LogP contribution in [0.5, 0.6) is 0 Å². The SMILES string of the molecule is O=C1C(=O)N(c2ccc(N3CCCC3)cc2)C(c2ccccc2F)/C1=C(\O)c1cccc(Cl)c1. The molecule has 0 saturated carbocycles. The average Bonchev–Trinajstić information content (AvgIpc) is 3.47. The number of amides is 1. The zero-order valence-corrected chi connectivity index (χ0v) is 19.0. The fourth-order valence-electron chi connectivity index (χ4n) is 4.68. The van der Waals surface area contributed by atoms with Crippen LogP contribution in [0.3, 0.4) is 0 Å². The fraction of sp³-hybridized carbons (Fsp3) is 0.185. The third-order valence-corrected chi connectivity index (χ3v) is 6.58. The number of Topliss-reactive ketones (excluding diaryl/α,β-unsaturated/α-hetero) is 1. The molecule has 7 heteroatoms. The van der Waals surface area contributed by atoms with Crippen molar-refractivity contribution in [3.05, 3.63) is 100 Å². The van der Waals surface area contributed by atoms with Gasteiger partial charge in [-0.15, -0.1) is 0 Å². The van der Waals surface area contributed by atoms with Crippen LogP contribution in [0.25, 0.3) is 5.76 Å². The van der Waals surface area contributed by atoms with E-state index in [1.165, 1.54) is 29.2 Å². The van der Waals surface area contributed by atoms with Gasteiger partial charge < -0.3 is 10.0 Å². The largest absolute Gasteiger partial charge is 0.507 e. The molecule has 2 aliphatic heterocycles. The molecule has 2 saturated heterocycles. The van der Waals surface area contributed by atoms with Gasteiger partial charge in [0.05, 0.1) is 11.6 Å². The third-order valence-electron chi connectivity index (χ3n) is 6.34. The maximum Gasteiger partial charge on any atom is 0.300 e. The summed E-state index contributed by atoms with van der Waals surface area (Å²) < 4.78 is 15.0. The molecule has 2 fully saturated rings. The Kier molecular flexibility index (Phi) is 5.84. The highest BCUT2D eigenvalue weighted by Gasteiger charge is 2.47. The highest BCUT2D eigenvalue weighted by Crippen LogP contribution is 2.43. The summed E-state index contributed by atoms with van der Waals surface area (Å²) in [6.07, 6.45) is 2.26. The second-order valence-corrected chi connectivity index (χ2v) is 8.85. The third kappa shape index (κ3) is 3.84. The minimum absolute atomic E-state index is 0.119. The molecule has 5 nitrogen and oxygen atoms in total. The van der Waals surface area contributed by atoms with Gasteiger partial charge in [-0.2, -0.15) is 0 Å². The van der Waals surface area contributed by atoms with Crippen LogP contribution in [0.2, 0.25) is 5.02 Å². The van der Waals surface area contributed by atoms with Gasteiger partial charge >= 0.3 is 0 Å².